The fraction of sp³-hybridized carbons (Fsp3) is 0.400. The average molecular weight is 393 g/mol. The van der Waals surface area contributed by atoms with Crippen LogP contribution in [-0.4, -0.2) is 62.1 Å². The van der Waals surface area contributed by atoms with Crippen LogP contribution in [0.1, 0.15) is 12.8 Å². The van der Waals surface area contributed by atoms with E-state index < -0.39 is 0 Å². The first-order chi connectivity index (χ1) is 14.2. The molecule has 1 N–H and O–H groups in total. The van der Waals surface area contributed by atoms with Gasteiger partial charge in [0, 0.05) is 32.0 Å². The van der Waals surface area contributed by atoms with Gasteiger partial charge in [-0.1, -0.05) is 11.3 Å². The van der Waals surface area contributed by atoms with Gasteiger partial charge in [0.2, 0.25) is 5.95 Å². The number of nitrogens with one attached hydrogen (secondary N) is 1. The Kier molecular flexibility index (Phi) is 4.61. The molecule has 1 aliphatic carbocycles. The first-order valence-electron chi connectivity index (χ1n) is 9.72. The molecule has 0 spiro atoms. The number of hydrogen-bond donors (Lipinski definition) is 1. The van der Waals surface area contributed by atoms with Crippen LogP contribution in [0.3, 0.4) is 0 Å². The zero-order valence-corrected chi connectivity index (χ0v) is 16.4. The molecule has 0 unspecified atom stereocenters. The smallest absolute Gasteiger partial charge is 0.241 e. The van der Waals surface area contributed by atoms with Crippen molar-refractivity contribution in [3.63, 3.8) is 0 Å². The molecule has 1 fully saturated rings. The van der Waals surface area contributed by atoms with Gasteiger partial charge in [0.05, 0.1) is 36.5 Å². The summed E-state index contributed by atoms with van der Waals surface area (Å²) in [5.74, 6) is 0.631. The molecule has 4 aromatic rings. The van der Waals surface area contributed by atoms with Crippen LogP contribution in [-0.2, 0) is 16.5 Å². The molecule has 0 amide bonds. The highest BCUT2D eigenvalue weighted by Crippen LogP contribution is 2.29. The van der Waals surface area contributed by atoms with Crippen molar-refractivity contribution in [1.29, 1.82) is 0 Å². The molecule has 0 saturated heterocycles. The number of aromatic nitrogens is 6. The van der Waals surface area contributed by atoms with E-state index in [1.807, 2.05) is 30.0 Å². The molecule has 0 aliphatic heterocycles. The van der Waals surface area contributed by atoms with Gasteiger partial charge in [-0.15, -0.1) is 10.2 Å². The van der Waals surface area contributed by atoms with Crippen LogP contribution in [0.2, 0.25) is 0 Å². The molecule has 3 heterocycles. The second-order valence-corrected chi connectivity index (χ2v) is 7.36. The Hall–Kier alpha value is -3.04. The van der Waals surface area contributed by atoms with E-state index in [0.29, 0.717) is 31.3 Å². The lowest BCUT2D eigenvalue weighted by molar-refractivity contribution is -0.0261. The molecule has 9 heteroatoms. The molecule has 9 nitrogen and oxygen atoms in total. The minimum atomic E-state index is 0.293. The zero-order chi connectivity index (χ0) is 19.8. The third-order valence-electron chi connectivity index (χ3n) is 5.41. The normalized spacial score (nSPS) is 19.0. The maximum Gasteiger partial charge on any atom is 0.241 e. The lowest BCUT2D eigenvalue weighted by atomic mass is 9.89. The maximum absolute atomic E-state index is 5.72. The highest BCUT2D eigenvalue weighted by atomic mass is 16.5. The van der Waals surface area contributed by atoms with E-state index in [4.69, 9.17) is 9.47 Å². The average Bonchev–Trinajstić information content (AvgIpc) is 3.29. The van der Waals surface area contributed by atoms with Crippen LogP contribution in [0.15, 0.2) is 36.7 Å². The fourth-order valence-electron chi connectivity index (χ4n) is 3.71. The number of aryl methyl sites for hydroxylation is 1. The molecule has 29 heavy (non-hydrogen) atoms. The van der Waals surface area contributed by atoms with Crippen LogP contribution in [0.4, 0.5) is 5.95 Å². The molecule has 1 saturated carbocycles. The van der Waals surface area contributed by atoms with Gasteiger partial charge in [0.1, 0.15) is 5.52 Å². The molecule has 1 aromatic carbocycles. The Balaban J connectivity index is 1.30. The number of ether oxygens (including phenoxy) is 2. The van der Waals surface area contributed by atoms with E-state index in [1.54, 1.807) is 11.8 Å². The monoisotopic (exact) mass is 393 g/mol. The summed E-state index contributed by atoms with van der Waals surface area (Å²) in [5, 5.41) is 16.2. The summed E-state index contributed by atoms with van der Waals surface area (Å²) in [6, 6.07) is 8.53. The summed E-state index contributed by atoms with van der Waals surface area (Å²) < 4.78 is 14.4. The summed E-state index contributed by atoms with van der Waals surface area (Å²) in [4.78, 5) is 4.52. The second-order valence-electron chi connectivity index (χ2n) is 7.36. The summed E-state index contributed by atoms with van der Waals surface area (Å²) >= 11 is 0. The molecular weight excluding hydrogens is 370 g/mol. The molecule has 150 valence electrons. The lowest BCUT2D eigenvalue weighted by Gasteiger charge is -2.35. The molecule has 0 bridgehead atoms. The van der Waals surface area contributed by atoms with E-state index in [-0.39, 0.29) is 0 Å². The number of anilines is 1. The van der Waals surface area contributed by atoms with Gasteiger partial charge in [0.15, 0.2) is 0 Å². The third kappa shape index (κ3) is 3.43. The van der Waals surface area contributed by atoms with Crippen molar-refractivity contribution in [2.45, 2.75) is 25.0 Å². The summed E-state index contributed by atoms with van der Waals surface area (Å²) in [7, 11) is 3.58. The predicted octanol–water partition coefficient (Wildman–Crippen LogP) is 2.28. The molecular formula is C20H23N7O2. The largest absolute Gasteiger partial charge is 0.382 e. The van der Waals surface area contributed by atoms with Crippen molar-refractivity contribution in [3.8, 4) is 11.1 Å². The Morgan fingerprint density at radius 1 is 1.17 bits per heavy atom. The highest BCUT2D eigenvalue weighted by Gasteiger charge is 2.30. The van der Waals surface area contributed by atoms with Crippen LogP contribution < -0.4 is 5.32 Å². The molecule has 3 aromatic heterocycles. The van der Waals surface area contributed by atoms with Crippen molar-refractivity contribution >= 4 is 22.5 Å². The number of nitrogens with zero attached hydrogens (tertiary/aromatic N) is 6. The van der Waals surface area contributed by atoms with Gasteiger partial charge >= 0.3 is 0 Å². The minimum absolute atomic E-state index is 0.293. The van der Waals surface area contributed by atoms with Gasteiger partial charge in [0.25, 0.3) is 0 Å². The molecule has 5 rings (SSSR count). The Morgan fingerprint density at radius 3 is 2.93 bits per heavy atom. The summed E-state index contributed by atoms with van der Waals surface area (Å²) in [6.07, 6.45) is 6.03. The van der Waals surface area contributed by atoms with E-state index in [0.717, 1.165) is 40.5 Å². The number of hydrogen-bond acceptors (Lipinski definition) is 7. The Bertz CT molecular complexity index is 1150. The van der Waals surface area contributed by atoms with Gasteiger partial charge in [-0.2, -0.15) is 0 Å². The zero-order valence-electron chi connectivity index (χ0n) is 16.4. The Morgan fingerprint density at radius 2 is 2.07 bits per heavy atom. The quantitative estimate of drug-likeness (QED) is 0.482. The predicted molar refractivity (Wildman–Crippen MR) is 109 cm³/mol. The SMILES string of the molecule is COCCO[C@H]1C[C@@H](Nc2ncc3c(-c4ccc5nnn(C)c5c4)ccn3n2)C1. The van der Waals surface area contributed by atoms with Crippen LogP contribution >= 0.6 is 0 Å². The van der Waals surface area contributed by atoms with Crippen molar-refractivity contribution in [2.75, 3.05) is 25.6 Å². The second kappa shape index (κ2) is 7.41. The third-order valence-corrected chi connectivity index (χ3v) is 5.41. The topological polar surface area (TPSA) is 91.4 Å². The van der Waals surface area contributed by atoms with Gasteiger partial charge in [-0.3, -0.25) is 0 Å². The van der Waals surface area contributed by atoms with Gasteiger partial charge in [-0.25, -0.2) is 14.2 Å². The van der Waals surface area contributed by atoms with E-state index in [9.17, 15) is 0 Å². The van der Waals surface area contributed by atoms with Crippen molar-refractivity contribution in [2.24, 2.45) is 7.05 Å². The summed E-state index contributed by atoms with van der Waals surface area (Å²) in [6.45, 7) is 1.28. The van der Waals surface area contributed by atoms with Crippen LogP contribution in [0.5, 0.6) is 0 Å². The standard InChI is InChI=1S/C20H23N7O2/c1-26-18-9-13(3-4-17(18)23-25-26)16-5-6-27-19(16)12-21-20(24-27)22-14-10-15(11-14)29-8-7-28-2/h3-6,9,12,14-15H,7-8,10-11H2,1-2H3,(H,22,24)/t14-,15+. The number of fused-ring (bicyclic) bond motifs is 2. The lowest BCUT2D eigenvalue weighted by Crippen LogP contribution is -2.41. The van der Waals surface area contributed by atoms with Crippen molar-refractivity contribution in [3.05, 3.63) is 36.7 Å². The fourth-order valence-corrected chi connectivity index (χ4v) is 3.71. The van der Waals surface area contributed by atoms with Crippen LogP contribution in [0, 0.1) is 0 Å². The Labute approximate surface area is 167 Å². The molecule has 0 atom stereocenters. The van der Waals surface area contributed by atoms with E-state index in [2.05, 4.69) is 43.9 Å². The van der Waals surface area contributed by atoms with Gasteiger partial charge < -0.3 is 14.8 Å². The maximum atomic E-state index is 5.72. The van der Waals surface area contributed by atoms with Crippen molar-refractivity contribution in [1.82, 2.24) is 29.6 Å². The minimum Gasteiger partial charge on any atom is -0.382 e. The number of benzene rings is 1. The number of rotatable bonds is 7. The van der Waals surface area contributed by atoms with E-state index >= 15 is 0 Å². The first-order valence-corrected chi connectivity index (χ1v) is 9.72. The molecule has 1 aliphatic rings. The molecule has 0 radical (unpaired) electrons. The van der Waals surface area contributed by atoms with E-state index in [1.165, 1.54) is 0 Å². The van der Waals surface area contributed by atoms with Crippen molar-refractivity contribution < 1.29 is 9.47 Å². The van der Waals surface area contributed by atoms with Crippen LogP contribution in [0.25, 0.3) is 27.7 Å². The summed E-state index contributed by atoms with van der Waals surface area (Å²) in [5.41, 5.74) is 5.00. The first kappa shape index (κ1) is 18.0. The highest BCUT2D eigenvalue weighted by molar-refractivity contribution is 5.87. The number of methoxy groups -OCH3 is 1. The van der Waals surface area contributed by atoms with Gasteiger partial charge in [-0.05, 0) is 36.6 Å².